The van der Waals surface area contributed by atoms with Gasteiger partial charge in [0, 0.05) is 53.0 Å². The number of phosphoric ester groups is 1. The van der Waals surface area contributed by atoms with E-state index < -0.39 is 14.6 Å². The van der Waals surface area contributed by atoms with Crippen LogP contribution in [0.25, 0.3) is 33.5 Å². The van der Waals surface area contributed by atoms with Gasteiger partial charge in [0.15, 0.2) is 5.65 Å². The molecule has 0 atom stereocenters. The lowest BCUT2D eigenvalue weighted by Gasteiger charge is -2.33. The molecule has 0 unspecified atom stereocenters. The number of anilines is 5. The van der Waals surface area contributed by atoms with Crippen molar-refractivity contribution in [3.8, 4) is 11.4 Å². The van der Waals surface area contributed by atoms with E-state index in [9.17, 15) is 14.4 Å². The number of imidazole rings is 1. The van der Waals surface area contributed by atoms with E-state index >= 15 is 0 Å². The molecule has 1 aliphatic heterocycles. The molecular formula is C32H30N7O4P. The lowest BCUT2D eigenvalue weighted by molar-refractivity contribution is 0.157. The molecule has 0 amide bonds. The minimum absolute atomic E-state index is 0.409. The molecule has 6 aromatic rings. The summed E-state index contributed by atoms with van der Waals surface area (Å²) in [6.07, 6.45) is 4.68. The maximum atomic E-state index is 11.6. The molecule has 0 bridgehead atoms. The first-order valence-corrected chi connectivity index (χ1v) is 15.7. The first-order chi connectivity index (χ1) is 21.3. The van der Waals surface area contributed by atoms with Crippen LogP contribution in [0, 0.1) is 6.92 Å². The summed E-state index contributed by atoms with van der Waals surface area (Å²) in [5, 5.41) is 7.89. The topological polar surface area (TPSA) is 138 Å². The van der Waals surface area contributed by atoms with E-state index in [-0.39, 0.29) is 0 Å². The summed E-state index contributed by atoms with van der Waals surface area (Å²) in [6, 6.07) is 25.8. The van der Waals surface area contributed by atoms with E-state index in [4.69, 9.17) is 9.51 Å². The zero-order chi connectivity index (χ0) is 30.3. The van der Waals surface area contributed by atoms with E-state index in [1.54, 1.807) is 17.0 Å². The number of nitrogens with zero attached hydrogens (tertiary/aromatic N) is 5. The zero-order valence-corrected chi connectivity index (χ0v) is 24.8. The molecule has 44 heavy (non-hydrogen) atoms. The predicted molar refractivity (Wildman–Crippen MR) is 172 cm³/mol. The number of nitrogens with one attached hydrogen (secondary N) is 2. The number of fused-ring (bicyclic) bond motifs is 2. The molecule has 222 valence electrons. The SMILES string of the molecule is Cc1cccc(Nc2cnc3nc(-c4ccc(Nc5ccnc6ccc(N7CCC7)cc56)cc4)n(COP(=O)(O)O)c3c2)c1. The van der Waals surface area contributed by atoms with E-state index in [0.717, 1.165) is 52.2 Å². The smallest absolute Gasteiger partial charge is 0.371 e. The minimum atomic E-state index is -4.75. The Labute approximate surface area is 253 Å². The Kier molecular flexibility index (Phi) is 7.23. The summed E-state index contributed by atoms with van der Waals surface area (Å²) in [4.78, 5) is 35.0. The summed E-state index contributed by atoms with van der Waals surface area (Å²) in [5.74, 6) is 0.466. The van der Waals surface area contributed by atoms with E-state index in [0.29, 0.717) is 22.7 Å². The summed E-state index contributed by atoms with van der Waals surface area (Å²) in [6.45, 7) is 3.74. The summed E-state index contributed by atoms with van der Waals surface area (Å²) in [7, 11) is -4.75. The highest BCUT2D eigenvalue weighted by Crippen LogP contribution is 2.38. The van der Waals surface area contributed by atoms with Crippen LogP contribution in [0.5, 0.6) is 0 Å². The highest BCUT2D eigenvalue weighted by molar-refractivity contribution is 7.46. The predicted octanol–water partition coefficient (Wildman–Crippen LogP) is 6.72. The van der Waals surface area contributed by atoms with Gasteiger partial charge in [-0.05, 0) is 85.6 Å². The number of hydrogen-bond acceptors (Lipinski definition) is 8. The number of pyridine rings is 2. The minimum Gasteiger partial charge on any atom is -0.371 e. The molecule has 7 rings (SSSR count). The van der Waals surface area contributed by atoms with Gasteiger partial charge in [0.05, 0.1) is 22.9 Å². The fraction of sp³-hybridized carbons (Fsp3) is 0.156. The summed E-state index contributed by atoms with van der Waals surface area (Å²) < 4.78 is 18.2. The standard InChI is InChI=1S/C32H30N7O4P/c1-21-4-2-5-24(16-21)35-25-17-30-31(34-19-25)37-32(39(30)20-43-44(40,41)42)22-6-8-23(9-7-22)36-29-12-13-33-28-11-10-26(18-27(28)29)38-14-3-15-38/h2,4-13,16-19,35H,3,14-15,20H2,1H3,(H,33,36)(H2,40,41,42). The van der Waals surface area contributed by atoms with Gasteiger partial charge in [-0.15, -0.1) is 0 Å². The van der Waals surface area contributed by atoms with Crippen molar-refractivity contribution in [1.29, 1.82) is 0 Å². The van der Waals surface area contributed by atoms with Crippen LogP contribution in [0.2, 0.25) is 0 Å². The fourth-order valence-electron chi connectivity index (χ4n) is 5.32. The third-order valence-corrected chi connectivity index (χ3v) is 8.09. The van der Waals surface area contributed by atoms with Crippen molar-refractivity contribution < 1.29 is 18.9 Å². The van der Waals surface area contributed by atoms with Gasteiger partial charge >= 0.3 is 7.82 Å². The number of phosphoric acid groups is 1. The number of rotatable bonds is 9. The van der Waals surface area contributed by atoms with Crippen LogP contribution in [0.4, 0.5) is 28.4 Å². The Morgan fingerprint density at radius 1 is 0.909 bits per heavy atom. The fourth-order valence-corrected chi connectivity index (χ4v) is 5.59. The molecule has 4 N–H and O–H groups in total. The van der Waals surface area contributed by atoms with Crippen molar-refractivity contribution in [2.75, 3.05) is 28.6 Å². The van der Waals surface area contributed by atoms with Gasteiger partial charge < -0.3 is 25.3 Å². The van der Waals surface area contributed by atoms with Crippen molar-refractivity contribution in [3.05, 3.63) is 96.8 Å². The number of aryl methyl sites for hydroxylation is 1. The van der Waals surface area contributed by atoms with Crippen LogP contribution in [-0.2, 0) is 15.8 Å². The van der Waals surface area contributed by atoms with Crippen molar-refractivity contribution in [3.63, 3.8) is 0 Å². The monoisotopic (exact) mass is 607 g/mol. The van der Waals surface area contributed by atoms with Gasteiger partial charge in [0.25, 0.3) is 0 Å². The van der Waals surface area contributed by atoms with E-state index in [2.05, 4.69) is 43.7 Å². The lowest BCUT2D eigenvalue weighted by atomic mass is 10.1. The largest absolute Gasteiger partial charge is 0.471 e. The second-order valence-corrected chi connectivity index (χ2v) is 12.0. The second-order valence-electron chi connectivity index (χ2n) is 10.8. The molecule has 0 radical (unpaired) electrons. The molecule has 4 heterocycles. The Hall–Kier alpha value is -4.80. The molecule has 1 aliphatic rings. The average Bonchev–Trinajstić information content (AvgIpc) is 3.33. The number of benzene rings is 3. The molecular weight excluding hydrogens is 577 g/mol. The maximum Gasteiger partial charge on any atom is 0.471 e. The van der Waals surface area contributed by atoms with Gasteiger partial charge in [0.2, 0.25) is 0 Å². The second kappa shape index (κ2) is 11.4. The summed E-state index contributed by atoms with van der Waals surface area (Å²) in [5.41, 5.74) is 8.35. The normalized spacial score (nSPS) is 13.3. The molecule has 0 spiro atoms. The first kappa shape index (κ1) is 28.0. The first-order valence-electron chi connectivity index (χ1n) is 14.2. The third-order valence-electron chi connectivity index (χ3n) is 7.64. The molecule has 0 saturated carbocycles. The maximum absolute atomic E-state index is 11.6. The molecule has 1 fully saturated rings. The lowest BCUT2D eigenvalue weighted by Crippen LogP contribution is -2.36. The molecule has 3 aromatic carbocycles. The zero-order valence-electron chi connectivity index (χ0n) is 23.9. The number of hydrogen-bond donors (Lipinski definition) is 4. The van der Waals surface area contributed by atoms with Crippen LogP contribution in [0.3, 0.4) is 0 Å². The van der Waals surface area contributed by atoms with Gasteiger partial charge in [-0.3, -0.25) is 14.1 Å². The molecule has 3 aromatic heterocycles. The number of aromatic nitrogens is 4. The Balaban J connectivity index is 1.20. The van der Waals surface area contributed by atoms with Crippen LogP contribution in [-0.4, -0.2) is 42.4 Å². The van der Waals surface area contributed by atoms with Crippen LogP contribution < -0.4 is 15.5 Å². The van der Waals surface area contributed by atoms with Gasteiger partial charge in [-0.2, -0.15) is 0 Å². The Bertz CT molecular complexity index is 2040. The van der Waals surface area contributed by atoms with Crippen LogP contribution >= 0.6 is 7.82 Å². The van der Waals surface area contributed by atoms with Crippen LogP contribution in [0.1, 0.15) is 12.0 Å². The third kappa shape index (κ3) is 5.86. The average molecular weight is 608 g/mol. The Morgan fingerprint density at radius 2 is 1.75 bits per heavy atom. The van der Waals surface area contributed by atoms with E-state index in [1.807, 2.05) is 67.6 Å². The van der Waals surface area contributed by atoms with Gasteiger partial charge in [-0.25, -0.2) is 14.5 Å². The van der Waals surface area contributed by atoms with Crippen molar-refractivity contribution in [2.24, 2.45) is 0 Å². The molecule has 12 heteroatoms. The quantitative estimate of drug-likeness (QED) is 0.131. The van der Waals surface area contributed by atoms with Crippen molar-refractivity contribution in [2.45, 2.75) is 20.1 Å². The Morgan fingerprint density at radius 3 is 2.50 bits per heavy atom. The van der Waals surface area contributed by atoms with Gasteiger partial charge in [0.1, 0.15) is 12.6 Å². The van der Waals surface area contributed by atoms with Crippen molar-refractivity contribution >= 4 is 58.3 Å². The molecule has 11 nitrogen and oxygen atoms in total. The highest BCUT2D eigenvalue weighted by atomic mass is 31.2. The molecule has 1 saturated heterocycles. The summed E-state index contributed by atoms with van der Waals surface area (Å²) >= 11 is 0. The van der Waals surface area contributed by atoms with Gasteiger partial charge in [-0.1, -0.05) is 12.1 Å². The van der Waals surface area contributed by atoms with Crippen molar-refractivity contribution in [1.82, 2.24) is 19.5 Å². The highest BCUT2D eigenvalue weighted by Gasteiger charge is 2.20. The van der Waals surface area contributed by atoms with Crippen LogP contribution in [0.15, 0.2) is 91.3 Å². The molecule has 0 aliphatic carbocycles. The van der Waals surface area contributed by atoms with E-state index in [1.165, 1.54) is 12.1 Å².